The third-order valence-corrected chi connectivity index (χ3v) is 4.29. The zero-order valence-corrected chi connectivity index (χ0v) is 12.9. The maximum Gasteiger partial charge on any atom is 0.255 e. The second-order valence-corrected chi connectivity index (χ2v) is 5.92. The van der Waals surface area contributed by atoms with Crippen molar-refractivity contribution in [3.8, 4) is 0 Å². The molecule has 116 valence electrons. The first kappa shape index (κ1) is 15.0. The Balaban J connectivity index is 1.79. The molecule has 0 N–H and O–H groups in total. The number of benzene rings is 1. The normalized spacial score (nSPS) is 18.5. The Bertz CT molecular complexity index is 703. The van der Waals surface area contributed by atoms with Crippen molar-refractivity contribution in [3.05, 3.63) is 46.8 Å². The molecule has 0 spiro atoms. The minimum absolute atomic E-state index is 0.144. The standard InChI is InChI=1S/C15H16ClFN4O/c1-20-9-18-19-14(20)10-3-2-6-21(8-10)15(22)12-5-4-11(17)7-13(12)16/h4-5,7,9-10H,2-3,6,8H2,1H3/t10-/m0/s1. The number of carbonyl (C=O) groups is 1. The zero-order chi connectivity index (χ0) is 15.7. The number of hydrogen-bond acceptors (Lipinski definition) is 3. The molecule has 0 aliphatic carbocycles. The van der Waals surface area contributed by atoms with E-state index in [9.17, 15) is 9.18 Å². The third-order valence-electron chi connectivity index (χ3n) is 3.98. The van der Waals surface area contributed by atoms with Gasteiger partial charge in [0.1, 0.15) is 18.0 Å². The summed E-state index contributed by atoms with van der Waals surface area (Å²) in [5.41, 5.74) is 0.335. The quantitative estimate of drug-likeness (QED) is 0.854. The van der Waals surface area contributed by atoms with Crippen molar-refractivity contribution in [2.75, 3.05) is 13.1 Å². The van der Waals surface area contributed by atoms with Crippen LogP contribution in [0, 0.1) is 5.82 Å². The Kier molecular flexibility index (Phi) is 4.11. The molecule has 1 saturated heterocycles. The number of carbonyl (C=O) groups excluding carboxylic acids is 1. The summed E-state index contributed by atoms with van der Waals surface area (Å²) in [5.74, 6) is 0.418. The van der Waals surface area contributed by atoms with Gasteiger partial charge in [0.25, 0.3) is 5.91 Å². The van der Waals surface area contributed by atoms with E-state index in [0.29, 0.717) is 18.7 Å². The fourth-order valence-electron chi connectivity index (χ4n) is 2.87. The molecule has 0 unspecified atom stereocenters. The van der Waals surface area contributed by atoms with Crippen LogP contribution in [0.5, 0.6) is 0 Å². The predicted octanol–water partition coefficient (Wildman–Crippen LogP) is 2.63. The van der Waals surface area contributed by atoms with Gasteiger partial charge in [-0.25, -0.2) is 4.39 Å². The number of piperidine rings is 1. The second kappa shape index (κ2) is 6.04. The van der Waals surface area contributed by atoms with Gasteiger partial charge in [-0.15, -0.1) is 10.2 Å². The maximum absolute atomic E-state index is 13.1. The summed E-state index contributed by atoms with van der Waals surface area (Å²) >= 11 is 5.99. The number of aryl methyl sites for hydroxylation is 1. The topological polar surface area (TPSA) is 51.0 Å². The molecular formula is C15H16ClFN4O. The molecule has 1 atom stereocenters. The van der Waals surface area contributed by atoms with Crippen LogP contribution in [0.25, 0.3) is 0 Å². The molecule has 1 aromatic heterocycles. The molecule has 0 radical (unpaired) electrons. The van der Waals surface area contributed by atoms with Gasteiger partial charge >= 0.3 is 0 Å². The monoisotopic (exact) mass is 322 g/mol. The molecule has 0 saturated carbocycles. The Morgan fingerprint density at radius 1 is 1.45 bits per heavy atom. The Hall–Kier alpha value is -1.95. The number of hydrogen-bond donors (Lipinski definition) is 0. The number of nitrogens with zero attached hydrogens (tertiary/aromatic N) is 4. The van der Waals surface area contributed by atoms with Gasteiger partial charge in [-0.05, 0) is 31.0 Å². The number of halogens is 2. The average molecular weight is 323 g/mol. The van der Waals surface area contributed by atoms with E-state index >= 15 is 0 Å². The summed E-state index contributed by atoms with van der Waals surface area (Å²) in [6.07, 6.45) is 3.52. The van der Waals surface area contributed by atoms with Crippen molar-refractivity contribution in [2.24, 2.45) is 7.05 Å². The van der Waals surface area contributed by atoms with E-state index in [0.717, 1.165) is 18.7 Å². The molecule has 22 heavy (non-hydrogen) atoms. The Morgan fingerprint density at radius 3 is 2.95 bits per heavy atom. The number of aromatic nitrogens is 3. The van der Waals surface area contributed by atoms with Crippen LogP contribution in [0.2, 0.25) is 5.02 Å². The van der Waals surface area contributed by atoms with Gasteiger partial charge in [-0.2, -0.15) is 0 Å². The molecule has 7 heteroatoms. The Morgan fingerprint density at radius 2 is 2.27 bits per heavy atom. The fraction of sp³-hybridized carbons (Fsp3) is 0.400. The van der Waals surface area contributed by atoms with Crippen molar-refractivity contribution < 1.29 is 9.18 Å². The predicted molar refractivity (Wildman–Crippen MR) is 80.3 cm³/mol. The van der Waals surface area contributed by atoms with Gasteiger partial charge in [0, 0.05) is 26.1 Å². The van der Waals surface area contributed by atoms with Gasteiger partial charge < -0.3 is 9.47 Å². The molecule has 1 aliphatic heterocycles. The summed E-state index contributed by atoms with van der Waals surface area (Å²) in [4.78, 5) is 14.4. The summed E-state index contributed by atoms with van der Waals surface area (Å²) in [6.45, 7) is 1.24. The Labute approximate surface area is 132 Å². The largest absolute Gasteiger partial charge is 0.338 e. The first-order valence-electron chi connectivity index (χ1n) is 7.14. The van der Waals surface area contributed by atoms with Crippen LogP contribution in [0.4, 0.5) is 4.39 Å². The van der Waals surface area contributed by atoms with E-state index in [-0.39, 0.29) is 16.8 Å². The zero-order valence-electron chi connectivity index (χ0n) is 12.2. The lowest BCUT2D eigenvalue weighted by atomic mass is 9.96. The highest BCUT2D eigenvalue weighted by Gasteiger charge is 2.28. The molecule has 1 aliphatic rings. The van der Waals surface area contributed by atoms with Gasteiger partial charge in [0.05, 0.1) is 10.6 Å². The van der Waals surface area contributed by atoms with Crippen LogP contribution in [0.15, 0.2) is 24.5 Å². The molecule has 1 amide bonds. The van der Waals surface area contributed by atoms with Crippen molar-refractivity contribution in [3.63, 3.8) is 0 Å². The van der Waals surface area contributed by atoms with Crippen molar-refractivity contribution in [2.45, 2.75) is 18.8 Å². The van der Waals surface area contributed by atoms with Crippen LogP contribution in [-0.4, -0.2) is 38.7 Å². The second-order valence-electron chi connectivity index (χ2n) is 5.51. The van der Waals surface area contributed by atoms with E-state index < -0.39 is 5.82 Å². The first-order chi connectivity index (χ1) is 10.6. The van der Waals surface area contributed by atoms with Gasteiger partial charge in [-0.3, -0.25) is 4.79 Å². The van der Waals surface area contributed by atoms with Crippen LogP contribution in [0.3, 0.4) is 0 Å². The molecule has 1 aromatic carbocycles. The van der Waals surface area contributed by atoms with Crippen LogP contribution in [-0.2, 0) is 7.05 Å². The maximum atomic E-state index is 13.1. The highest BCUT2D eigenvalue weighted by molar-refractivity contribution is 6.33. The van der Waals surface area contributed by atoms with Crippen molar-refractivity contribution in [1.29, 1.82) is 0 Å². The highest BCUT2D eigenvalue weighted by Crippen LogP contribution is 2.27. The van der Waals surface area contributed by atoms with E-state index in [2.05, 4.69) is 10.2 Å². The third kappa shape index (κ3) is 2.83. The number of rotatable bonds is 2. The van der Waals surface area contributed by atoms with Crippen LogP contribution >= 0.6 is 11.6 Å². The lowest BCUT2D eigenvalue weighted by Crippen LogP contribution is -2.39. The van der Waals surface area contributed by atoms with E-state index in [1.807, 2.05) is 11.6 Å². The number of likely N-dealkylation sites (tertiary alicyclic amines) is 1. The molecule has 3 rings (SSSR count). The molecular weight excluding hydrogens is 307 g/mol. The summed E-state index contributed by atoms with van der Waals surface area (Å²) in [5, 5.41) is 8.17. The van der Waals surface area contributed by atoms with E-state index in [4.69, 9.17) is 11.6 Å². The lowest BCUT2D eigenvalue weighted by Gasteiger charge is -2.32. The molecule has 1 fully saturated rings. The summed E-state index contributed by atoms with van der Waals surface area (Å²) < 4.78 is 15.0. The fourth-order valence-corrected chi connectivity index (χ4v) is 3.12. The van der Waals surface area contributed by atoms with E-state index in [1.165, 1.54) is 18.2 Å². The molecule has 5 nitrogen and oxygen atoms in total. The first-order valence-corrected chi connectivity index (χ1v) is 7.52. The van der Waals surface area contributed by atoms with Crippen molar-refractivity contribution in [1.82, 2.24) is 19.7 Å². The van der Waals surface area contributed by atoms with Gasteiger partial charge in [0.2, 0.25) is 0 Å². The van der Waals surface area contributed by atoms with Gasteiger partial charge in [-0.1, -0.05) is 11.6 Å². The minimum atomic E-state index is -0.447. The van der Waals surface area contributed by atoms with E-state index in [1.54, 1.807) is 11.2 Å². The SMILES string of the molecule is Cn1cnnc1[C@H]1CCCN(C(=O)c2ccc(F)cc2Cl)C1. The molecule has 2 heterocycles. The summed E-state index contributed by atoms with van der Waals surface area (Å²) in [6, 6.07) is 3.86. The van der Waals surface area contributed by atoms with Crippen LogP contribution < -0.4 is 0 Å². The molecule has 0 bridgehead atoms. The highest BCUT2D eigenvalue weighted by atomic mass is 35.5. The van der Waals surface area contributed by atoms with Gasteiger partial charge in [0.15, 0.2) is 0 Å². The van der Waals surface area contributed by atoms with Crippen LogP contribution in [0.1, 0.15) is 34.9 Å². The van der Waals surface area contributed by atoms with Crippen molar-refractivity contribution >= 4 is 17.5 Å². The summed E-state index contributed by atoms with van der Waals surface area (Å²) in [7, 11) is 1.90. The lowest BCUT2D eigenvalue weighted by molar-refractivity contribution is 0.0703. The average Bonchev–Trinajstić information content (AvgIpc) is 2.93. The smallest absolute Gasteiger partial charge is 0.255 e. The number of amides is 1. The minimum Gasteiger partial charge on any atom is -0.338 e. The molecule has 2 aromatic rings.